The average molecular weight is 228 g/mol. The van der Waals surface area contributed by atoms with Crippen LogP contribution in [0.25, 0.3) is 4.85 Å². The van der Waals surface area contributed by atoms with Crippen molar-refractivity contribution in [2.45, 2.75) is 0 Å². The number of hydrogen-bond donors (Lipinski definition) is 2. The van der Waals surface area contributed by atoms with E-state index in [9.17, 15) is 8.42 Å². The summed E-state index contributed by atoms with van der Waals surface area (Å²) in [5, 5.41) is 0. The molecule has 15 heavy (non-hydrogen) atoms. The summed E-state index contributed by atoms with van der Waals surface area (Å²) in [6, 6.07) is 4.10. The van der Waals surface area contributed by atoms with E-state index in [0.29, 0.717) is 5.69 Å². The smallest absolute Gasteiger partial charge is 0.357 e. The highest BCUT2D eigenvalue weighted by Gasteiger charge is 2.09. The maximum atomic E-state index is 10.6. The molecule has 0 amide bonds. The van der Waals surface area contributed by atoms with Crippen LogP contribution in [0, 0.1) is 6.57 Å². The Morgan fingerprint density at radius 2 is 2.20 bits per heavy atom. The number of nitrogens with one attached hydrogen (secondary N) is 1. The van der Waals surface area contributed by atoms with Gasteiger partial charge in [-0.2, -0.15) is 8.42 Å². The second kappa shape index (κ2) is 4.16. The van der Waals surface area contributed by atoms with Crippen molar-refractivity contribution in [3.8, 4) is 5.75 Å². The maximum Gasteiger partial charge on any atom is 0.357 e. The first-order valence-electron chi connectivity index (χ1n) is 3.77. The van der Waals surface area contributed by atoms with E-state index < -0.39 is 10.3 Å². The lowest BCUT2D eigenvalue weighted by molar-refractivity contribution is 0.416. The van der Waals surface area contributed by atoms with Crippen molar-refractivity contribution >= 4 is 21.7 Å². The Kier molecular flexibility index (Phi) is 3.14. The van der Waals surface area contributed by atoms with Gasteiger partial charge in [-0.15, -0.1) is 0 Å². The van der Waals surface area contributed by atoms with Gasteiger partial charge in [-0.3, -0.25) is 9.27 Å². The minimum atomic E-state index is -4.34. The first-order chi connectivity index (χ1) is 6.96. The number of rotatable bonds is 3. The van der Waals surface area contributed by atoms with E-state index >= 15 is 0 Å². The summed E-state index contributed by atoms with van der Waals surface area (Å²) in [4.78, 5) is 3.15. The number of methoxy groups -OCH3 is 1. The van der Waals surface area contributed by atoms with Gasteiger partial charge in [0.2, 0.25) is 0 Å². The summed E-state index contributed by atoms with van der Waals surface area (Å²) < 4.78 is 36.4. The van der Waals surface area contributed by atoms with Crippen molar-refractivity contribution in [3.05, 3.63) is 29.6 Å². The van der Waals surface area contributed by atoms with Crippen molar-refractivity contribution in [3.63, 3.8) is 0 Å². The van der Waals surface area contributed by atoms with Gasteiger partial charge in [0, 0.05) is 0 Å². The van der Waals surface area contributed by atoms with E-state index in [4.69, 9.17) is 15.9 Å². The van der Waals surface area contributed by atoms with Crippen LogP contribution in [-0.2, 0) is 10.3 Å². The largest absolute Gasteiger partial charge is 0.496 e. The van der Waals surface area contributed by atoms with Crippen LogP contribution in [-0.4, -0.2) is 20.1 Å². The lowest BCUT2D eigenvalue weighted by Gasteiger charge is -2.08. The zero-order valence-corrected chi connectivity index (χ0v) is 8.58. The van der Waals surface area contributed by atoms with E-state index in [0.717, 1.165) is 0 Å². The van der Waals surface area contributed by atoms with Crippen LogP contribution < -0.4 is 9.46 Å². The number of ether oxygens (including phenoxy) is 1. The minimum Gasteiger partial charge on any atom is -0.496 e. The molecule has 0 fully saturated rings. The first kappa shape index (κ1) is 11.3. The standard InChI is InChI=1S/C8H8N2O4S/c1-9-6-3-4-7(8(5-6)14-2)10-15(11,12)13/h3-5,10H,2H3,(H,11,12,13). The van der Waals surface area contributed by atoms with Gasteiger partial charge in [-0.05, 0) is 12.1 Å². The fourth-order valence-electron chi connectivity index (χ4n) is 0.973. The SMILES string of the molecule is [C-]#[N+]c1ccc(NS(=O)(=O)O)c(OC)c1. The molecule has 1 aromatic carbocycles. The summed E-state index contributed by atoms with van der Waals surface area (Å²) in [6.45, 7) is 6.75. The van der Waals surface area contributed by atoms with Crippen molar-refractivity contribution in [2.24, 2.45) is 0 Å². The lowest BCUT2D eigenvalue weighted by Crippen LogP contribution is -2.11. The molecule has 0 unspecified atom stereocenters. The lowest BCUT2D eigenvalue weighted by atomic mass is 10.2. The van der Waals surface area contributed by atoms with Crippen LogP contribution in [0.1, 0.15) is 0 Å². The predicted molar refractivity (Wildman–Crippen MR) is 54.4 cm³/mol. The van der Waals surface area contributed by atoms with Crippen LogP contribution in [0.2, 0.25) is 0 Å². The Bertz CT molecular complexity index is 504. The summed E-state index contributed by atoms with van der Waals surface area (Å²) in [6.07, 6.45) is 0. The monoisotopic (exact) mass is 228 g/mol. The Morgan fingerprint density at radius 1 is 1.53 bits per heavy atom. The van der Waals surface area contributed by atoms with Crippen LogP contribution in [0.3, 0.4) is 0 Å². The number of nitrogens with zero attached hydrogens (tertiary/aromatic N) is 1. The predicted octanol–water partition coefficient (Wildman–Crippen LogP) is 1.46. The van der Waals surface area contributed by atoms with Crippen molar-refractivity contribution in [1.82, 2.24) is 0 Å². The second-order valence-corrected chi connectivity index (χ2v) is 3.73. The molecular weight excluding hydrogens is 220 g/mol. The van der Waals surface area contributed by atoms with E-state index in [1.807, 2.05) is 4.72 Å². The zero-order chi connectivity index (χ0) is 11.5. The van der Waals surface area contributed by atoms with Gasteiger partial charge in [0.1, 0.15) is 5.75 Å². The van der Waals surface area contributed by atoms with Gasteiger partial charge in [0.15, 0.2) is 5.69 Å². The molecule has 0 bridgehead atoms. The fourth-order valence-corrected chi connectivity index (χ4v) is 1.42. The molecule has 0 saturated carbocycles. The Balaban J connectivity index is 3.15. The Labute approximate surface area is 87.2 Å². The van der Waals surface area contributed by atoms with Gasteiger partial charge in [-0.1, -0.05) is 6.07 Å². The van der Waals surface area contributed by atoms with Crippen molar-refractivity contribution in [1.29, 1.82) is 0 Å². The average Bonchev–Trinajstić information content (AvgIpc) is 2.16. The molecular formula is C8H8N2O4S. The summed E-state index contributed by atoms with van der Waals surface area (Å²) >= 11 is 0. The number of anilines is 1. The summed E-state index contributed by atoms with van der Waals surface area (Å²) in [5.41, 5.74) is 0.389. The molecule has 0 aromatic heterocycles. The molecule has 6 nitrogen and oxygen atoms in total. The third kappa shape index (κ3) is 3.12. The normalized spacial score (nSPS) is 10.5. The Morgan fingerprint density at radius 3 is 2.67 bits per heavy atom. The maximum absolute atomic E-state index is 10.6. The van der Waals surface area contributed by atoms with E-state index in [2.05, 4.69) is 4.85 Å². The molecule has 80 valence electrons. The first-order valence-corrected chi connectivity index (χ1v) is 5.21. The van der Waals surface area contributed by atoms with Crippen LogP contribution in [0.4, 0.5) is 11.4 Å². The quantitative estimate of drug-likeness (QED) is 0.606. The molecule has 7 heteroatoms. The second-order valence-electron chi connectivity index (χ2n) is 2.57. The molecule has 0 aliphatic carbocycles. The molecule has 1 rings (SSSR count). The van der Waals surface area contributed by atoms with Crippen LogP contribution in [0.15, 0.2) is 18.2 Å². The molecule has 1 aromatic rings. The van der Waals surface area contributed by atoms with Crippen LogP contribution in [0.5, 0.6) is 5.75 Å². The van der Waals surface area contributed by atoms with Gasteiger partial charge >= 0.3 is 10.3 Å². The molecule has 0 spiro atoms. The third-order valence-electron chi connectivity index (χ3n) is 1.55. The molecule has 0 radical (unpaired) electrons. The highest BCUT2D eigenvalue weighted by atomic mass is 32.2. The van der Waals surface area contributed by atoms with Gasteiger partial charge in [-0.25, -0.2) is 4.85 Å². The summed E-state index contributed by atoms with van der Waals surface area (Å²) in [7, 11) is -3.01. The molecule has 2 N–H and O–H groups in total. The fraction of sp³-hybridized carbons (Fsp3) is 0.125. The minimum absolute atomic E-state index is 0.0763. The van der Waals surface area contributed by atoms with Crippen molar-refractivity contribution in [2.75, 3.05) is 11.8 Å². The number of benzene rings is 1. The Hall–Kier alpha value is -1.78. The summed E-state index contributed by atoms with van der Waals surface area (Å²) in [5.74, 6) is 0.168. The van der Waals surface area contributed by atoms with Gasteiger partial charge in [0.05, 0.1) is 19.4 Å². The van der Waals surface area contributed by atoms with Gasteiger partial charge in [0.25, 0.3) is 0 Å². The number of hydrogen-bond acceptors (Lipinski definition) is 3. The van der Waals surface area contributed by atoms with Crippen LogP contribution >= 0.6 is 0 Å². The zero-order valence-electron chi connectivity index (χ0n) is 7.76. The molecule has 0 heterocycles. The van der Waals surface area contributed by atoms with E-state index in [1.165, 1.54) is 25.3 Å². The highest BCUT2D eigenvalue weighted by molar-refractivity contribution is 7.87. The topological polar surface area (TPSA) is 80.0 Å². The third-order valence-corrected chi connectivity index (χ3v) is 2.03. The highest BCUT2D eigenvalue weighted by Crippen LogP contribution is 2.29. The molecule has 0 saturated heterocycles. The van der Waals surface area contributed by atoms with E-state index in [1.54, 1.807) is 0 Å². The molecule has 0 aliphatic rings. The van der Waals surface area contributed by atoms with Crippen molar-refractivity contribution < 1.29 is 17.7 Å². The molecule has 0 aliphatic heterocycles. The van der Waals surface area contributed by atoms with Gasteiger partial charge < -0.3 is 4.74 Å². The molecule has 0 atom stereocenters. The van der Waals surface area contributed by atoms with E-state index in [-0.39, 0.29) is 11.4 Å².